The molecule has 2 aromatic rings. The van der Waals surface area contributed by atoms with Gasteiger partial charge in [-0.3, -0.25) is 4.90 Å². The van der Waals surface area contributed by atoms with Crippen LogP contribution in [0.2, 0.25) is 0 Å². The predicted octanol–water partition coefficient (Wildman–Crippen LogP) is 3.82. The van der Waals surface area contributed by atoms with Crippen LogP contribution >= 0.6 is 0 Å². The summed E-state index contributed by atoms with van der Waals surface area (Å²) in [5, 5.41) is 3.06. The summed E-state index contributed by atoms with van der Waals surface area (Å²) in [4.78, 5) is 25.6. The number of nitrogens with one attached hydrogen (secondary N) is 1. The largest absolute Gasteiger partial charge is 0.416 e. The molecule has 1 saturated heterocycles. The Kier molecular flexibility index (Phi) is 4.15. The third-order valence-corrected chi connectivity index (χ3v) is 5.95. The second-order valence-electron chi connectivity index (χ2n) is 7.82. The number of rotatable bonds is 2. The Hall–Kier alpha value is -2.84. The number of fused-ring (bicyclic) bond motifs is 4. The Morgan fingerprint density at radius 3 is 2.76 bits per heavy atom. The van der Waals surface area contributed by atoms with E-state index in [9.17, 15) is 18.0 Å². The third kappa shape index (κ3) is 3.18. The van der Waals surface area contributed by atoms with Crippen LogP contribution in [0.5, 0.6) is 0 Å². The standard InChI is InChI=1S/C20H20F3N5O/c21-20(22,23)13-4-1-3-12(9-13)17-24-10-16-18(26-17)28(15-7-8-27(16)11-15)19(29)25-14-5-2-6-14/h1,3-4,9-10,14-15H,2,5-8,11H2,(H,25,29). The van der Waals surface area contributed by atoms with E-state index in [1.54, 1.807) is 17.2 Å². The average Bonchev–Trinajstić information content (AvgIpc) is 3.08. The number of hydrogen-bond acceptors (Lipinski definition) is 4. The van der Waals surface area contributed by atoms with E-state index in [0.29, 0.717) is 5.82 Å². The topological polar surface area (TPSA) is 61.4 Å². The van der Waals surface area contributed by atoms with Gasteiger partial charge >= 0.3 is 12.2 Å². The van der Waals surface area contributed by atoms with Crippen molar-refractivity contribution in [2.75, 3.05) is 22.9 Å². The van der Waals surface area contributed by atoms with Gasteiger partial charge in [0.1, 0.15) is 0 Å². The lowest BCUT2D eigenvalue weighted by Gasteiger charge is -2.37. The number of anilines is 2. The fourth-order valence-electron chi connectivity index (χ4n) is 4.14. The first-order chi connectivity index (χ1) is 13.9. The van der Waals surface area contributed by atoms with Crippen molar-refractivity contribution in [3.05, 3.63) is 36.0 Å². The van der Waals surface area contributed by atoms with Gasteiger partial charge in [-0.25, -0.2) is 14.8 Å². The van der Waals surface area contributed by atoms with Crippen LogP contribution in [0, 0.1) is 0 Å². The minimum Gasteiger partial charge on any atom is -0.365 e. The Bertz CT molecular complexity index is 959. The van der Waals surface area contributed by atoms with Gasteiger partial charge in [-0.1, -0.05) is 12.1 Å². The first-order valence-electron chi connectivity index (χ1n) is 9.79. The molecule has 29 heavy (non-hydrogen) atoms. The summed E-state index contributed by atoms with van der Waals surface area (Å²) in [6.07, 6.45) is 1.06. The number of nitrogens with zero attached hydrogens (tertiary/aromatic N) is 4. The van der Waals surface area contributed by atoms with Crippen molar-refractivity contribution in [3.63, 3.8) is 0 Å². The molecular formula is C20H20F3N5O. The molecule has 5 rings (SSSR count). The second kappa shape index (κ2) is 6.60. The van der Waals surface area contributed by atoms with Gasteiger partial charge in [-0.15, -0.1) is 0 Å². The summed E-state index contributed by atoms with van der Waals surface area (Å²) in [5.41, 5.74) is 0.271. The summed E-state index contributed by atoms with van der Waals surface area (Å²) in [6, 6.07) is 4.96. The van der Waals surface area contributed by atoms with Crippen molar-refractivity contribution < 1.29 is 18.0 Å². The van der Waals surface area contributed by atoms with Gasteiger partial charge in [0.05, 0.1) is 23.5 Å². The minimum absolute atomic E-state index is 0.00633. The van der Waals surface area contributed by atoms with Gasteiger partial charge in [0.2, 0.25) is 0 Å². The number of halogens is 3. The van der Waals surface area contributed by atoms with Gasteiger partial charge < -0.3 is 10.2 Å². The van der Waals surface area contributed by atoms with Crippen molar-refractivity contribution >= 4 is 17.5 Å². The minimum atomic E-state index is -4.44. The van der Waals surface area contributed by atoms with Crippen LogP contribution < -0.4 is 15.1 Å². The fourth-order valence-corrected chi connectivity index (χ4v) is 4.14. The smallest absolute Gasteiger partial charge is 0.365 e. The molecule has 1 unspecified atom stereocenters. The first kappa shape index (κ1) is 18.2. The highest BCUT2D eigenvalue weighted by Gasteiger charge is 2.41. The number of carbonyl (C=O) groups is 1. The van der Waals surface area contributed by atoms with E-state index in [1.165, 1.54) is 6.07 Å². The number of carbonyl (C=O) groups excluding carboxylic acids is 1. The summed E-state index contributed by atoms with van der Waals surface area (Å²) in [6.45, 7) is 1.52. The van der Waals surface area contributed by atoms with E-state index in [-0.39, 0.29) is 29.5 Å². The third-order valence-electron chi connectivity index (χ3n) is 5.95. The average molecular weight is 403 g/mol. The van der Waals surface area contributed by atoms with Crippen LogP contribution in [-0.2, 0) is 6.18 Å². The summed E-state index contributed by atoms with van der Waals surface area (Å²) >= 11 is 0. The monoisotopic (exact) mass is 403 g/mol. The summed E-state index contributed by atoms with van der Waals surface area (Å²) < 4.78 is 39.3. The first-order valence-corrected chi connectivity index (χ1v) is 9.79. The van der Waals surface area contributed by atoms with Crippen LogP contribution in [0.3, 0.4) is 0 Å². The molecule has 0 spiro atoms. The molecule has 1 N–H and O–H groups in total. The molecule has 6 nitrogen and oxygen atoms in total. The molecule has 1 saturated carbocycles. The molecule has 2 aliphatic heterocycles. The SMILES string of the molecule is O=C(NC1CCC1)N1c2nc(-c3cccc(C(F)(F)F)c3)ncc2N2CCC1C2. The number of alkyl halides is 3. The summed E-state index contributed by atoms with van der Waals surface area (Å²) in [5.74, 6) is 0.650. The van der Waals surface area contributed by atoms with E-state index in [2.05, 4.69) is 20.2 Å². The Balaban J connectivity index is 1.53. The molecule has 3 heterocycles. The fraction of sp³-hybridized carbons (Fsp3) is 0.450. The van der Waals surface area contributed by atoms with Crippen molar-refractivity contribution in [2.45, 2.75) is 43.9 Å². The maximum atomic E-state index is 13.1. The van der Waals surface area contributed by atoms with Gasteiger partial charge in [-0.2, -0.15) is 13.2 Å². The molecule has 152 valence electrons. The molecule has 2 bridgehead atoms. The van der Waals surface area contributed by atoms with Crippen LogP contribution in [0.15, 0.2) is 30.5 Å². The number of hydrogen-bond donors (Lipinski definition) is 1. The number of aromatic nitrogens is 2. The van der Waals surface area contributed by atoms with E-state index in [1.807, 2.05) is 0 Å². The number of benzene rings is 1. The maximum absolute atomic E-state index is 13.1. The highest BCUT2D eigenvalue weighted by atomic mass is 19.4. The van der Waals surface area contributed by atoms with Crippen LogP contribution in [0.4, 0.5) is 29.5 Å². The molecule has 3 aliphatic rings. The highest BCUT2D eigenvalue weighted by molar-refractivity contribution is 5.97. The molecule has 1 aromatic carbocycles. The zero-order valence-electron chi connectivity index (χ0n) is 15.6. The molecular weight excluding hydrogens is 383 g/mol. The van der Waals surface area contributed by atoms with Gasteiger partial charge in [0.15, 0.2) is 11.6 Å². The maximum Gasteiger partial charge on any atom is 0.416 e. The number of urea groups is 1. The summed E-state index contributed by atoms with van der Waals surface area (Å²) in [7, 11) is 0. The van der Waals surface area contributed by atoms with E-state index in [4.69, 9.17) is 0 Å². The molecule has 1 atom stereocenters. The predicted molar refractivity (Wildman–Crippen MR) is 102 cm³/mol. The normalized spacial score (nSPS) is 21.0. The Morgan fingerprint density at radius 1 is 1.21 bits per heavy atom. The lowest BCUT2D eigenvalue weighted by atomic mass is 9.93. The number of amides is 2. The van der Waals surface area contributed by atoms with Crippen LogP contribution in [-0.4, -0.2) is 41.2 Å². The molecule has 0 radical (unpaired) electrons. The van der Waals surface area contributed by atoms with Crippen molar-refractivity contribution in [2.24, 2.45) is 0 Å². The van der Waals surface area contributed by atoms with Crippen molar-refractivity contribution in [1.29, 1.82) is 0 Å². The van der Waals surface area contributed by atoms with Gasteiger partial charge in [0.25, 0.3) is 0 Å². The molecule has 1 aromatic heterocycles. The lowest BCUT2D eigenvalue weighted by Crippen LogP contribution is -2.54. The quantitative estimate of drug-likeness (QED) is 0.828. The lowest BCUT2D eigenvalue weighted by molar-refractivity contribution is -0.137. The molecule has 9 heteroatoms. The molecule has 1 aliphatic carbocycles. The van der Waals surface area contributed by atoms with E-state index >= 15 is 0 Å². The van der Waals surface area contributed by atoms with Crippen LogP contribution in [0.1, 0.15) is 31.2 Å². The second-order valence-corrected chi connectivity index (χ2v) is 7.82. The van der Waals surface area contributed by atoms with Gasteiger partial charge in [0, 0.05) is 24.7 Å². The molecule has 2 amide bonds. The van der Waals surface area contributed by atoms with Gasteiger partial charge in [-0.05, 0) is 37.8 Å². The Morgan fingerprint density at radius 2 is 2.03 bits per heavy atom. The van der Waals surface area contributed by atoms with Crippen molar-refractivity contribution in [3.8, 4) is 11.4 Å². The highest BCUT2D eigenvalue weighted by Crippen LogP contribution is 2.40. The zero-order chi connectivity index (χ0) is 20.2. The van der Waals surface area contributed by atoms with E-state index < -0.39 is 11.7 Å². The zero-order valence-corrected chi connectivity index (χ0v) is 15.6. The van der Waals surface area contributed by atoms with E-state index in [0.717, 1.165) is 56.6 Å². The molecule has 2 fully saturated rings. The van der Waals surface area contributed by atoms with Crippen molar-refractivity contribution in [1.82, 2.24) is 15.3 Å². The Labute approximate surface area is 165 Å². The van der Waals surface area contributed by atoms with Crippen LogP contribution in [0.25, 0.3) is 11.4 Å².